The first-order valence-electron chi connectivity index (χ1n) is 6.97. The van der Waals surface area contributed by atoms with E-state index in [0.29, 0.717) is 29.6 Å². The minimum Gasteiger partial charge on any atom is -0.467 e. The van der Waals surface area contributed by atoms with Gasteiger partial charge in [-0.3, -0.25) is 4.79 Å². The molecule has 0 aliphatic heterocycles. The Bertz CT molecular complexity index is 810. The predicted molar refractivity (Wildman–Crippen MR) is 81.2 cm³/mol. The third-order valence-corrected chi connectivity index (χ3v) is 2.96. The van der Waals surface area contributed by atoms with Gasteiger partial charge in [-0.15, -0.1) is 0 Å². The molecule has 8 nitrogen and oxygen atoms in total. The van der Waals surface area contributed by atoms with Crippen LogP contribution in [0.15, 0.2) is 39.5 Å². The summed E-state index contributed by atoms with van der Waals surface area (Å²) in [6.07, 6.45) is 1.55. The van der Waals surface area contributed by atoms with Crippen LogP contribution in [0.3, 0.4) is 0 Å². The van der Waals surface area contributed by atoms with Crippen LogP contribution in [0.4, 0.5) is 11.8 Å². The highest BCUT2D eigenvalue weighted by atomic mass is 16.5. The molecule has 0 aliphatic carbocycles. The van der Waals surface area contributed by atoms with Crippen LogP contribution in [0.2, 0.25) is 0 Å². The zero-order chi connectivity index (χ0) is 16.2. The van der Waals surface area contributed by atoms with E-state index in [1.165, 1.54) is 0 Å². The zero-order valence-corrected chi connectivity index (χ0v) is 12.7. The van der Waals surface area contributed by atoms with E-state index in [-0.39, 0.29) is 17.5 Å². The first kappa shape index (κ1) is 14.8. The van der Waals surface area contributed by atoms with Gasteiger partial charge in [0, 0.05) is 11.8 Å². The average Bonchev–Trinajstić information content (AvgIpc) is 3.16. The van der Waals surface area contributed by atoms with Crippen molar-refractivity contribution in [1.29, 1.82) is 0 Å². The third-order valence-electron chi connectivity index (χ3n) is 2.96. The molecule has 118 valence electrons. The number of nitrogens with zero attached hydrogens (tertiary/aromatic N) is 3. The second-order valence-electron chi connectivity index (χ2n) is 4.93. The molecule has 0 aromatic carbocycles. The Hall–Kier alpha value is -3.16. The van der Waals surface area contributed by atoms with Crippen LogP contribution in [0, 0.1) is 13.8 Å². The van der Waals surface area contributed by atoms with Crippen LogP contribution >= 0.6 is 0 Å². The number of aromatic nitrogens is 3. The summed E-state index contributed by atoms with van der Waals surface area (Å²) in [6.45, 7) is 3.85. The summed E-state index contributed by atoms with van der Waals surface area (Å²) in [4.78, 5) is 20.6. The summed E-state index contributed by atoms with van der Waals surface area (Å²) in [5.74, 6) is 1.78. The lowest BCUT2D eigenvalue weighted by Crippen LogP contribution is -2.24. The lowest BCUT2D eigenvalue weighted by atomic mass is 10.3. The SMILES string of the molecule is Cc1cc(C(=O)NCc2ccco2)nc(Nc2cc(C)on2)n1. The molecule has 1 amide bonds. The molecule has 3 aromatic heterocycles. The molecule has 0 saturated carbocycles. The average molecular weight is 313 g/mol. The van der Waals surface area contributed by atoms with E-state index in [4.69, 9.17) is 8.94 Å². The van der Waals surface area contributed by atoms with E-state index in [2.05, 4.69) is 25.8 Å². The first-order chi connectivity index (χ1) is 11.1. The smallest absolute Gasteiger partial charge is 0.270 e. The summed E-state index contributed by atoms with van der Waals surface area (Å²) >= 11 is 0. The van der Waals surface area contributed by atoms with Crippen molar-refractivity contribution in [3.8, 4) is 0 Å². The van der Waals surface area contributed by atoms with Crippen LogP contribution in [-0.4, -0.2) is 21.0 Å². The summed E-state index contributed by atoms with van der Waals surface area (Å²) in [7, 11) is 0. The molecule has 0 unspecified atom stereocenters. The standard InChI is InChI=1S/C15H15N5O3/c1-9-6-12(14(21)16-8-11-4-3-5-22-11)18-15(17-9)19-13-7-10(2)23-20-13/h3-7H,8H2,1-2H3,(H,16,21)(H,17,18,19,20). The van der Waals surface area contributed by atoms with Gasteiger partial charge in [0.05, 0.1) is 12.8 Å². The maximum Gasteiger partial charge on any atom is 0.270 e. The molecule has 0 atom stereocenters. The zero-order valence-electron chi connectivity index (χ0n) is 12.7. The fraction of sp³-hybridized carbons (Fsp3) is 0.200. The molecular formula is C15H15N5O3. The molecule has 0 aliphatic rings. The topological polar surface area (TPSA) is 106 Å². The van der Waals surface area contributed by atoms with Gasteiger partial charge in [0.2, 0.25) is 5.95 Å². The molecule has 0 spiro atoms. The largest absolute Gasteiger partial charge is 0.467 e. The Kier molecular flexibility index (Phi) is 4.05. The molecule has 0 radical (unpaired) electrons. The maximum atomic E-state index is 12.2. The minimum atomic E-state index is -0.314. The molecule has 0 bridgehead atoms. The van der Waals surface area contributed by atoms with Crippen LogP contribution in [0.5, 0.6) is 0 Å². The first-order valence-corrected chi connectivity index (χ1v) is 6.97. The maximum absolute atomic E-state index is 12.2. The number of anilines is 2. The van der Waals surface area contributed by atoms with Gasteiger partial charge < -0.3 is 19.6 Å². The Balaban J connectivity index is 1.72. The molecule has 2 N–H and O–H groups in total. The molecule has 0 fully saturated rings. The summed E-state index contributed by atoms with van der Waals surface area (Å²) in [5, 5.41) is 9.45. The van der Waals surface area contributed by atoms with Gasteiger partial charge in [0.15, 0.2) is 5.82 Å². The highest BCUT2D eigenvalue weighted by Crippen LogP contribution is 2.13. The Morgan fingerprint density at radius 3 is 2.83 bits per heavy atom. The number of amides is 1. The van der Waals surface area contributed by atoms with Crippen molar-refractivity contribution in [3.05, 3.63) is 53.4 Å². The summed E-state index contributed by atoms with van der Waals surface area (Å²) < 4.78 is 10.1. The van der Waals surface area contributed by atoms with E-state index in [9.17, 15) is 4.79 Å². The molecular weight excluding hydrogens is 298 g/mol. The lowest BCUT2D eigenvalue weighted by Gasteiger charge is -2.06. The van der Waals surface area contributed by atoms with E-state index in [1.54, 1.807) is 44.4 Å². The summed E-state index contributed by atoms with van der Waals surface area (Å²) in [5.41, 5.74) is 0.914. The Morgan fingerprint density at radius 1 is 1.26 bits per heavy atom. The van der Waals surface area contributed by atoms with Gasteiger partial charge in [0.1, 0.15) is 17.2 Å². The van der Waals surface area contributed by atoms with E-state index < -0.39 is 0 Å². The minimum absolute atomic E-state index is 0.256. The molecule has 0 saturated heterocycles. The number of furan rings is 1. The Labute approximate surface area is 131 Å². The van der Waals surface area contributed by atoms with E-state index in [1.807, 2.05) is 0 Å². The van der Waals surface area contributed by atoms with Crippen molar-refractivity contribution in [2.75, 3.05) is 5.32 Å². The molecule has 3 rings (SSSR count). The van der Waals surface area contributed by atoms with Crippen LogP contribution in [-0.2, 0) is 6.54 Å². The fourth-order valence-electron chi connectivity index (χ4n) is 1.95. The van der Waals surface area contributed by atoms with Gasteiger partial charge in [-0.2, -0.15) is 0 Å². The molecule has 8 heteroatoms. The number of aryl methyl sites for hydroxylation is 2. The number of hydrogen-bond donors (Lipinski definition) is 2. The third kappa shape index (κ3) is 3.73. The van der Waals surface area contributed by atoms with Crippen molar-refractivity contribution in [3.63, 3.8) is 0 Å². The van der Waals surface area contributed by atoms with Crippen molar-refractivity contribution >= 4 is 17.7 Å². The number of rotatable bonds is 5. The molecule has 3 aromatic rings. The van der Waals surface area contributed by atoms with E-state index in [0.717, 1.165) is 0 Å². The van der Waals surface area contributed by atoms with Gasteiger partial charge in [-0.25, -0.2) is 9.97 Å². The monoisotopic (exact) mass is 313 g/mol. The van der Waals surface area contributed by atoms with Crippen molar-refractivity contribution in [1.82, 2.24) is 20.4 Å². The number of carbonyl (C=O) groups excluding carboxylic acids is 1. The van der Waals surface area contributed by atoms with Gasteiger partial charge >= 0.3 is 0 Å². The highest BCUT2D eigenvalue weighted by Gasteiger charge is 2.12. The second-order valence-corrected chi connectivity index (χ2v) is 4.93. The van der Waals surface area contributed by atoms with Gasteiger partial charge in [0.25, 0.3) is 5.91 Å². The number of carbonyl (C=O) groups is 1. The van der Waals surface area contributed by atoms with Crippen molar-refractivity contribution in [2.24, 2.45) is 0 Å². The summed E-state index contributed by atoms with van der Waals surface area (Å²) in [6, 6.07) is 6.86. The highest BCUT2D eigenvalue weighted by molar-refractivity contribution is 5.92. The lowest BCUT2D eigenvalue weighted by molar-refractivity contribution is 0.0943. The van der Waals surface area contributed by atoms with Crippen molar-refractivity contribution < 1.29 is 13.7 Å². The predicted octanol–water partition coefficient (Wildman–Crippen LogP) is 2.35. The van der Waals surface area contributed by atoms with Crippen LogP contribution in [0.25, 0.3) is 0 Å². The van der Waals surface area contributed by atoms with Crippen molar-refractivity contribution in [2.45, 2.75) is 20.4 Å². The molecule has 23 heavy (non-hydrogen) atoms. The number of hydrogen-bond acceptors (Lipinski definition) is 7. The van der Waals surface area contributed by atoms with Crippen LogP contribution < -0.4 is 10.6 Å². The number of nitrogens with one attached hydrogen (secondary N) is 2. The Morgan fingerprint density at radius 2 is 2.13 bits per heavy atom. The second kappa shape index (κ2) is 6.30. The van der Waals surface area contributed by atoms with Crippen LogP contribution in [0.1, 0.15) is 27.7 Å². The van der Waals surface area contributed by atoms with Gasteiger partial charge in [-0.1, -0.05) is 5.16 Å². The normalized spacial score (nSPS) is 10.5. The van der Waals surface area contributed by atoms with E-state index >= 15 is 0 Å². The molecule has 3 heterocycles. The fourth-order valence-corrected chi connectivity index (χ4v) is 1.95. The van der Waals surface area contributed by atoms with Gasteiger partial charge in [-0.05, 0) is 32.0 Å². The quantitative estimate of drug-likeness (QED) is 0.744.